The molecule has 1 aromatic heterocycles. The lowest BCUT2D eigenvalue weighted by atomic mass is 10.00. The largest absolute Gasteiger partial charge is 0.480 e. The predicted octanol–water partition coefficient (Wildman–Crippen LogP) is 0.292. The maximum atomic E-state index is 13.2. The number of thiol groups is 1. The third-order valence-corrected chi connectivity index (χ3v) is 6.47. The van der Waals surface area contributed by atoms with Gasteiger partial charge in [0.25, 0.3) is 0 Å². The summed E-state index contributed by atoms with van der Waals surface area (Å²) in [4.78, 5) is 53.7. The number of aromatic amines is 1. The van der Waals surface area contributed by atoms with E-state index >= 15 is 0 Å². The number of carboxylic acids is 1. The lowest BCUT2D eigenvalue weighted by Crippen LogP contribution is -2.58. The Morgan fingerprint density at radius 1 is 1.00 bits per heavy atom. The molecule has 0 aliphatic rings. The molecule has 2 rings (SSSR count). The Morgan fingerprint density at radius 3 is 2.30 bits per heavy atom. The van der Waals surface area contributed by atoms with Crippen molar-refractivity contribution >= 4 is 47.2 Å². The maximum absolute atomic E-state index is 13.2. The number of nitrogens with one attached hydrogen (secondary N) is 4. The summed E-state index contributed by atoms with van der Waals surface area (Å²) < 4.78 is 0. The van der Waals surface area contributed by atoms with E-state index in [-0.39, 0.29) is 18.1 Å². The molecule has 1 aromatic carbocycles. The van der Waals surface area contributed by atoms with E-state index < -0.39 is 47.9 Å². The fourth-order valence-corrected chi connectivity index (χ4v) is 4.06. The van der Waals surface area contributed by atoms with E-state index in [1.54, 1.807) is 20.0 Å². The number of carboxylic acid groups (broad SMARTS) is 1. The molecule has 1 heterocycles. The first-order valence-corrected chi connectivity index (χ1v) is 13.0. The topological polar surface area (TPSA) is 192 Å². The average molecular weight is 535 g/mol. The highest BCUT2D eigenvalue weighted by Gasteiger charge is 2.32. The van der Waals surface area contributed by atoms with Crippen molar-refractivity contribution in [3.05, 3.63) is 36.0 Å². The number of nitrogens with two attached hydrogens (primary N) is 2. The molecule has 0 spiro atoms. The minimum absolute atomic E-state index is 0.0588. The first kappa shape index (κ1) is 30.1. The number of amides is 3. The molecule has 0 saturated heterocycles. The van der Waals surface area contributed by atoms with Gasteiger partial charge in [0.05, 0.1) is 6.04 Å². The van der Waals surface area contributed by atoms with Crippen LogP contribution in [0.4, 0.5) is 0 Å². The van der Waals surface area contributed by atoms with Crippen molar-refractivity contribution < 1.29 is 24.3 Å². The number of para-hydroxylation sites is 1. The minimum Gasteiger partial charge on any atom is -0.480 e. The van der Waals surface area contributed by atoms with Gasteiger partial charge in [0.1, 0.15) is 18.1 Å². The summed E-state index contributed by atoms with van der Waals surface area (Å²) in [5, 5.41) is 18.5. The lowest BCUT2D eigenvalue weighted by Gasteiger charge is -2.27. The molecular weight excluding hydrogens is 496 g/mol. The number of aliphatic carboxylic acids is 1. The molecular formula is C25H38N6O5S. The second kappa shape index (κ2) is 14.6. The fraction of sp³-hybridized carbons (Fsp3) is 0.520. The van der Waals surface area contributed by atoms with Crippen LogP contribution in [0, 0.1) is 5.92 Å². The third-order valence-electron chi connectivity index (χ3n) is 6.07. The van der Waals surface area contributed by atoms with Crippen molar-refractivity contribution in [1.82, 2.24) is 20.9 Å². The van der Waals surface area contributed by atoms with Crippen LogP contribution in [0.2, 0.25) is 0 Å². The van der Waals surface area contributed by atoms with Gasteiger partial charge < -0.3 is 37.5 Å². The molecule has 0 saturated carbocycles. The van der Waals surface area contributed by atoms with Gasteiger partial charge in [-0.1, -0.05) is 32.0 Å². The van der Waals surface area contributed by atoms with Crippen molar-refractivity contribution in [2.24, 2.45) is 17.4 Å². The van der Waals surface area contributed by atoms with Crippen LogP contribution >= 0.6 is 12.6 Å². The summed E-state index contributed by atoms with van der Waals surface area (Å²) in [5.41, 5.74) is 12.9. The van der Waals surface area contributed by atoms with Crippen LogP contribution < -0.4 is 27.4 Å². The average Bonchev–Trinajstić information content (AvgIpc) is 3.27. The Kier molecular flexibility index (Phi) is 11.9. The molecule has 4 atom stereocenters. The number of aromatic nitrogens is 1. The van der Waals surface area contributed by atoms with E-state index in [2.05, 4.69) is 33.6 Å². The Hall–Kier alpha value is -3.09. The van der Waals surface area contributed by atoms with E-state index in [1.807, 2.05) is 24.3 Å². The Balaban J connectivity index is 2.14. The van der Waals surface area contributed by atoms with Gasteiger partial charge in [-0.25, -0.2) is 4.79 Å². The summed E-state index contributed by atoms with van der Waals surface area (Å²) in [5.74, 6) is -3.17. The second-order valence-corrected chi connectivity index (χ2v) is 9.69. The zero-order chi connectivity index (χ0) is 27.5. The van der Waals surface area contributed by atoms with Gasteiger partial charge in [-0.15, -0.1) is 0 Å². The van der Waals surface area contributed by atoms with Gasteiger partial charge in [-0.3, -0.25) is 14.4 Å². The number of fused-ring (bicyclic) bond motifs is 1. The van der Waals surface area contributed by atoms with Crippen LogP contribution in [-0.4, -0.2) is 70.2 Å². The standard InChI is InChI=1S/C25H38N6O5S/c1-14(2)21(31-23(33)19(9-5-6-10-26)29-22(32)17(27)13-37)24(34)30-20(25(35)36)11-15-12-28-18-8-4-3-7-16(15)18/h3-4,7-8,12,14,17,19-21,28,37H,5-6,9-11,13,26-27H2,1-2H3,(H,29,32)(H,30,34)(H,31,33)(H,35,36). The molecule has 204 valence electrons. The van der Waals surface area contributed by atoms with E-state index in [0.717, 1.165) is 16.5 Å². The molecule has 9 N–H and O–H groups in total. The summed E-state index contributed by atoms with van der Waals surface area (Å²) in [6.07, 6.45) is 3.32. The summed E-state index contributed by atoms with van der Waals surface area (Å²) in [6.45, 7) is 3.90. The molecule has 0 fully saturated rings. The van der Waals surface area contributed by atoms with Gasteiger partial charge in [0, 0.05) is 29.3 Å². The molecule has 0 radical (unpaired) electrons. The normalized spacial score (nSPS) is 14.5. The van der Waals surface area contributed by atoms with Crippen molar-refractivity contribution in [3.63, 3.8) is 0 Å². The van der Waals surface area contributed by atoms with E-state index in [9.17, 15) is 24.3 Å². The zero-order valence-electron chi connectivity index (χ0n) is 21.2. The highest BCUT2D eigenvalue weighted by atomic mass is 32.1. The van der Waals surface area contributed by atoms with E-state index in [4.69, 9.17) is 11.5 Å². The molecule has 12 heteroatoms. The summed E-state index contributed by atoms with van der Waals surface area (Å²) in [7, 11) is 0. The molecule has 0 aliphatic carbocycles. The minimum atomic E-state index is -1.21. The van der Waals surface area contributed by atoms with Crippen LogP contribution in [0.15, 0.2) is 30.5 Å². The van der Waals surface area contributed by atoms with Crippen LogP contribution in [0.1, 0.15) is 38.7 Å². The Bertz CT molecular complexity index is 1070. The lowest BCUT2D eigenvalue weighted by molar-refractivity contribution is -0.142. The number of benzene rings is 1. The number of H-pyrrole nitrogens is 1. The molecule has 37 heavy (non-hydrogen) atoms. The van der Waals surface area contributed by atoms with E-state index in [0.29, 0.717) is 25.8 Å². The second-order valence-electron chi connectivity index (χ2n) is 9.33. The van der Waals surface area contributed by atoms with Crippen molar-refractivity contribution in [1.29, 1.82) is 0 Å². The summed E-state index contributed by atoms with van der Waals surface area (Å²) >= 11 is 4.02. The molecule has 4 unspecified atom stereocenters. The number of carbonyl (C=O) groups is 4. The monoisotopic (exact) mass is 534 g/mol. The van der Waals surface area contributed by atoms with Crippen LogP contribution in [-0.2, 0) is 25.6 Å². The molecule has 2 aromatic rings. The first-order valence-electron chi connectivity index (χ1n) is 12.3. The van der Waals surface area contributed by atoms with E-state index in [1.165, 1.54) is 0 Å². The SMILES string of the molecule is CC(C)C(NC(=O)C(CCCCN)NC(=O)C(N)CS)C(=O)NC(Cc1c[nH]c2ccccc12)C(=O)O. The van der Waals surface area contributed by atoms with Crippen LogP contribution in [0.3, 0.4) is 0 Å². The van der Waals surface area contributed by atoms with Gasteiger partial charge in [0.15, 0.2) is 0 Å². The van der Waals surface area contributed by atoms with Crippen molar-refractivity contribution in [2.45, 2.75) is 63.7 Å². The number of unbranched alkanes of at least 4 members (excludes halogenated alkanes) is 1. The maximum Gasteiger partial charge on any atom is 0.326 e. The quantitative estimate of drug-likeness (QED) is 0.119. The Labute approximate surface area is 221 Å². The van der Waals surface area contributed by atoms with Gasteiger partial charge in [-0.2, -0.15) is 12.6 Å². The number of hydrogen-bond donors (Lipinski definition) is 8. The molecule has 3 amide bonds. The molecule has 0 aliphatic heterocycles. The fourth-order valence-electron chi connectivity index (χ4n) is 3.89. The highest BCUT2D eigenvalue weighted by Crippen LogP contribution is 2.19. The first-order chi connectivity index (χ1) is 17.6. The van der Waals surface area contributed by atoms with Gasteiger partial charge >= 0.3 is 5.97 Å². The number of hydrogen-bond acceptors (Lipinski definition) is 7. The highest BCUT2D eigenvalue weighted by molar-refractivity contribution is 7.80. The molecule has 0 bridgehead atoms. The van der Waals surface area contributed by atoms with Gasteiger partial charge in [-0.05, 0) is 43.4 Å². The molecule has 11 nitrogen and oxygen atoms in total. The number of rotatable bonds is 15. The zero-order valence-corrected chi connectivity index (χ0v) is 22.1. The Morgan fingerprint density at radius 2 is 1.68 bits per heavy atom. The van der Waals surface area contributed by atoms with Crippen molar-refractivity contribution in [2.75, 3.05) is 12.3 Å². The third kappa shape index (κ3) is 8.76. The van der Waals surface area contributed by atoms with Crippen LogP contribution in [0.25, 0.3) is 10.9 Å². The van der Waals surface area contributed by atoms with Gasteiger partial charge in [0.2, 0.25) is 17.7 Å². The predicted molar refractivity (Wildman–Crippen MR) is 145 cm³/mol. The van der Waals surface area contributed by atoms with Crippen LogP contribution in [0.5, 0.6) is 0 Å². The smallest absolute Gasteiger partial charge is 0.326 e. The number of carbonyl (C=O) groups excluding carboxylic acids is 3. The summed E-state index contributed by atoms with van der Waals surface area (Å²) in [6, 6.07) is 3.42. The van der Waals surface area contributed by atoms with Crippen molar-refractivity contribution in [3.8, 4) is 0 Å².